The van der Waals surface area contributed by atoms with Gasteiger partial charge in [0, 0.05) is 159 Å². The van der Waals surface area contributed by atoms with E-state index in [2.05, 4.69) is 60.8 Å². The predicted molar refractivity (Wildman–Crippen MR) is 542 cm³/mol. The highest BCUT2D eigenvalue weighted by atomic mass is 35.5. The topological polar surface area (TPSA) is 590 Å². The second-order valence-corrected chi connectivity index (χ2v) is 48.2. The van der Waals surface area contributed by atoms with E-state index in [9.17, 15) is 62.5 Å². The molecule has 5 aliphatic rings. The number of rotatable bonds is 32. The molecule has 12 aromatic rings. The fourth-order valence-electron chi connectivity index (χ4n) is 13.1. The van der Waals surface area contributed by atoms with Crippen molar-refractivity contribution in [2.75, 3.05) is 206 Å². The fourth-order valence-corrected chi connectivity index (χ4v) is 26.2. The standard InChI is InChI=1S/C21H26N4O4S3.C15H21N3O4S2.2C14H20N4O4S2.C11H11ClN2O3S2.C5H5ClN2S.C3H10N2O/c1-30-16-13-22-20(23-14-16)6-2-15(26)3-7-21-24-18-5-4-17(12-19(18)31-21)32(27,28)25-8-10-29-11-9-25;1-2-11(19)10-16-15-17-13-4-3-12(9-14(13)23-15)24(20,21)18-5-7-22-8-6-18;2*15-8-10(19)9-16-14-17-12-2-1-11(7-13(12)23-14)24(20,21)18-3-5-22-6-4-18;12-11-13-9-2-1-8(7-10(9)18-11)19(15,16)14-3-5-17-6-4-14;1-9-4-2-7-5(6)8-3-4;4-1-3(6)2-5/h4-5,12-15,26H,2-3,6-11H2,1H3;3-4,9,11,19H,2,5-8,10H2,1H3,(H,16,17);2*1-2,7,10,19H,3-6,8-9,15H2,(H,16,17);1-2,7H,3-6H2;2-3H,1H3;3,6H,1-2,4-5H2. The number of aromatic nitrogens is 9. The van der Waals surface area contributed by atoms with Gasteiger partial charge in [0.05, 0.1) is 177 Å². The zero-order chi connectivity index (χ0) is 99.2. The van der Waals surface area contributed by atoms with Crippen molar-refractivity contribution in [3.05, 3.63) is 136 Å². The highest BCUT2D eigenvalue weighted by Crippen LogP contribution is 2.36. The maximum absolute atomic E-state index is 12.9. The van der Waals surface area contributed by atoms with E-state index in [1.54, 1.807) is 139 Å². The van der Waals surface area contributed by atoms with Crippen LogP contribution < -0.4 is 38.9 Å². The first-order chi connectivity index (χ1) is 66.2. The van der Waals surface area contributed by atoms with Crippen molar-refractivity contribution < 1.29 is 91.3 Å². The van der Waals surface area contributed by atoms with E-state index in [4.69, 9.17) is 74.9 Å². The molecule has 138 heavy (non-hydrogen) atoms. The number of anilines is 3. The van der Waals surface area contributed by atoms with Gasteiger partial charge in [0.15, 0.2) is 19.9 Å². The molecule has 0 radical (unpaired) electrons. The summed E-state index contributed by atoms with van der Waals surface area (Å²) in [6.45, 7) is 11.8. The molecule has 0 bridgehead atoms. The molecule has 5 saturated heterocycles. The van der Waals surface area contributed by atoms with E-state index in [0.29, 0.717) is 219 Å². The van der Waals surface area contributed by atoms with E-state index in [1.807, 2.05) is 19.4 Å². The molecular weight excluding hydrogens is 2070 g/mol. The van der Waals surface area contributed by atoms with Gasteiger partial charge in [0.1, 0.15) is 5.82 Å². The van der Waals surface area contributed by atoms with E-state index in [0.717, 1.165) is 60.7 Å². The van der Waals surface area contributed by atoms with Crippen LogP contribution in [0.15, 0.2) is 150 Å². The molecule has 7 aromatic heterocycles. The lowest BCUT2D eigenvalue weighted by molar-refractivity contribution is 0.0730. The Morgan fingerprint density at radius 2 is 0.645 bits per heavy atom. The Kier molecular flexibility index (Phi) is 44.0. The lowest BCUT2D eigenvalue weighted by atomic mass is 10.1. The van der Waals surface area contributed by atoms with E-state index >= 15 is 0 Å². The number of thioether (sulfide) groups is 2. The average Bonchev–Trinajstić information content (AvgIpc) is 1.60. The lowest BCUT2D eigenvalue weighted by Crippen LogP contribution is -2.40. The summed E-state index contributed by atoms with van der Waals surface area (Å²) in [5, 5.41) is 59.6. The molecule has 0 aliphatic carbocycles. The van der Waals surface area contributed by atoms with Crippen molar-refractivity contribution >= 4 is 220 Å². The van der Waals surface area contributed by atoms with E-state index < -0.39 is 80.6 Å². The van der Waals surface area contributed by atoms with Crippen LogP contribution in [0.5, 0.6) is 0 Å². The summed E-state index contributed by atoms with van der Waals surface area (Å²) in [5.41, 5.74) is 24.3. The number of aryl methyl sites for hydroxylation is 2. The van der Waals surface area contributed by atoms with Gasteiger partial charge in [-0.15, -0.1) is 46.2 Å². The van der Waals surface area contributed by atoms with Crippen LogP contribution in [0.2, 0.25) is 9.75 Å². The molecule has 17 rings (SSSR count). The molecule has 0 saturated carbocycles. The minimum atomic E-state index is -3.53. The molecule has 0 amide bonds. The van der Waals surface area contributed by atoms with Crippen LogP contribution >= 0.6 is 103 Å². The summed E-state index contributed by atoms with van der Waals surface area (Å²) in [6, 6.07) is 24.8. The molecule has 4 unspecified atom stereocenters. The Bertz CT molecular complexity index is 6140. The van der Waals surface area contributed by atoms with Gasteiger partial charge in [-0.2, -0.15) is 21.5 Å². The van der Waals surface area contributed by atoms with Crippen molar-refractivity contribution in [3.8, 4) is 0 Å². The van der Waals surface area contributed by atoms with Gasteiger partial charge >= 0.3 is 0 Å². The molecule has 16 N–H and O–H groups in total. The minimum Gasteiger partial charge on any atom is -0.393 e. The Hall–Kier alpha value is -6.62. The minimum absolute atomic E-state index is 0.167. The van der Waals surface area contributed by atoms with Gasteiger partial charge < -0.3 is 88.1 Å². The molecule has 5 aliphatic heterocycles. The van der Waals surface area contributed by atoms with Crippen LogP contribution in [0, 0.1) is 0 Å². The van der Waals surface area contributed by atoms with Crippen molar-refractivity contribution in [2.24, 2.45) is 22.9 Å². The summed E-state index contributed by atoms with van der Waals surface area (Å²) in [4.78, 5) is 41.5. The number of nitrogens with one attached hydrogen (secondary N) is 3. The van der Waals surface area contributed by atoms with Crippen LogP contribution in [-0.4, -0.2) is 354 Å². The number of nitrogens with two attached hydrogens (primary N) is 4. The number of sulfonamides is 5. The highest BCUT2D eigenvalue weighted by molar-refractivity contribution is 7.98. The van der Waals surface area contributed by atoms with Crippen molar-refractivity contribution in [1.82, 2.24) is 66.4 Å². The lowest BCUT2D eigenvalue weighted by Gasteiger charge is -2.25. The second kappa shape index (κ2) is 54.4. The summed E-state index contributed by atoms with van der Waals surface area (Å²) in [7, 11) is -17.5. The molecular formula is C83H113Cl2N21O20S12. The number of thiazole rings is 5. The van der Waals surface area contributed by atoms with E-state index in [-0.39, 0.29) is 50.7 Å². The van der Waals surface area contributed by atoms with E-state index in [1.165, 1.54) is 78.2 Å². The second-order valence-electron chi connectivity index (χ2n) is 30.6. The number of morpholine rings is 5. The van der Waals surface area contributed by atoms with Crippen molar-refractivity contribution in [3.63, 3.8) is 0 Å². The van der Waals surface area contributed by atoms with Crippen LogP contribution in [-0.2, 0) is 86.6 Å². The van der Waals surface area contributed by atoms with Crippen molar-refractivity contribution in [2.45, 2.75) is 104 Å². The first-order valence-electron chi connectivity index (χ1n) is 43.5. The number of aliphatic hydroxyl groups is 5. The first kappa shape index (κ1) is 112. The molecule has 5 fully saturated rings. The summed E-state index contributed by atoms with van der Waals surface area (Å²) in [6.07, 6.45) is 11.3. The SMILES string of the molecule is CCC(O)CNc1nc2ccc(S(=O)(=O)N3CCOCC3)cc2s1.CSc1cnc(CCC(O)CCc2nc3ccc(S(=O)(=O)N4CCOCC4)cc3s2)nc1.CSc1cnc(Cl)nc1.NCC(O)CN.NCC(O)CNc1nc2ccc(S(=O)(=O)N3CCOCC3)cc2s1.NCC(O)CNc1nc2ccc(S(=O)(=O)N3CCOCC3)cc2s1.O=S(=O)(c1ccc2nc(Cl)sc2c1)N1CCOCC1. The third-order valence-corrected chi connectivity index (χ3v) is 37.2. The van der Waals surface area contributed by atoms with Crippen LogP contribution in [0.3, 0.4) is 0 Å². The molecule has 756 valence electrons. The average molecular weight is 2180 g/mol. The number of fused-ring (bicyclic) bond motifs is 5. The Labute approximate surface area is 839 Å². The van der Waals surface area contributed by atoms with Gasteiger partial charge in [0.25, 0.3) is 0 Å². The maximum atomic E-state index is 12.9. The van der Waals surface area contributed by atoms with Crippen molar-refractivity contribution in [1.29, 1.82) is 0 Å². The Morgan fingerprint density at radius 1 is 0.370 bits per heavy atom. The molecule has 12 heterocycles. The number of halogens is 2. The Balaban J connectivity index is 0.000000160. The largest absolute Gasteiger partial charge is 0.393 e. The van der Waals surface area contributed by atoms with Crippen LogP contribution in [0.1, 0.15) is 37.0 Å². The Morgan fingerprint density at radius 3 is 0.942 bits per heavy atom. The number of aliphatic hydroxyl groups excluding tert-OH is 5. The number of benzene rings is 5. The number of ether oxygens (including phenoxy) is 5. The normalized spacial score (nSPS) is 16.7. The summed E-state index contributed by atoms with van der Waals surface area (Å²) >= 11 is 21.3. The van der Waals surface area contributed by atoms with Gasteiger partial charge in [0.2, 0.25) is 55.4 Å². The summed E-state index contributed by atoms with van der Waals surface area (Å²) in [5.74, 6) is 0.732. The predicted octanol–water partition coefficient (Wildman–Crippen LogP) is 6.44. The number of hydrogen-bond donors (Lipinski definition) is 12. The van der Waals surface area contributed by atoms with Crippen LogP contribution in [0.4, 0.5) is 15.4 Å². The zero-order valence-electron chi connectivity index (χ0n) is 75.6. The molecule has 41 nitrogen and oxygen atoms in total. The monoisotopic (exact) mass is 2180 g/mol. The molecule has 0 spiro atoms. The summed E-state index contributed by atoms with van der Waals surface area (Å²) < 4.78 is 165. The molecule has 5 aromatic carbocycles. The van der Waals surface area contributed by atoms with Gasteiger partial charge in [-0.25, -0.2) is 86.9 Å². The fraction of sp³-hybridized carbons (Fsp3) is 0.482. The van der Waals surface area contributed by atoms with Gasteiger partial charge in [-0.1, -0.05) is 52.5 Å². The van der Waals surface area contributed by atoms with Gasteiger partial charge in [-0.05, 0) is 134 Å². The highest BCUT2D eigenvalue weighted by Gasteiger charge is 2.33. The molecule has 55 heteroatoms. The molecule has 4 atom stereocenters. The quantitative estimate of drug-likeness (QED) is 0.0159. The van der Waals surface area contributed by atoms with Gasteiger partial charge in [-0.3, -0.25) is 0 Å². The third-order valence-electron chi connectivity index (χ3n) is 21.0. The first-order valence-corrected chi connectivity index (χ1v) is 58.0. The number of nitrogens with zero attached hydrogens (tertiary/aromatic N) is 14. The number of hydrogen-bond acceptors (Lipinski definition) is 43. The maximum Gasteiger partial charge on any atom is 0.243 e. The van der Waals surface area contributed by atoms with Crippen LogP contribution in [0.25, 0.3) is 51.1 Å². The zero-order valence-corrected chi connectivity index (χ0v) is 86.9. The third kappa shape index (κ3) is 32.2. The smallest absolute Gasteiger partial charge is 0.243 e.